The van der Waals surface area contributed by atoms with Crippen molar-refractivity contribution in [2.75, 3.05) is 43.1 Å². The maximum absolute atomic E-state index is 14.2. The second kappa shape index (κ2) is 7.89. The average Bonchev–Trinajstić information content (AvgIpc) is 2.53. The van der Waals surface area contributed by atoms with Crippen molar-refractivity contribution in [3.63, 3.8) is 0 Å². The van der Waals surface area contributed by atoms with E-state index in [1.165, 1.54) is 13.0 Å². The van der Waals surface area contributed by atoms with Gasteiger partial charge in [0.1, 0.15) is 11.9 Å². The molecule has 0 bridgehead atoms. The lowest BCUT2D eigenvalue weighted by atomic mass is 10.2. The fourth-order valence-corrected chi connectivity index (χ4v) is 2.20. The number of rotatable bonds is 5. The lowest BCUT2D eigenvalue weighted by Crippen LogP contribution is -2.38. The van der Waals surface area contributed by atoms with Crippen LogP contribution in [-0.4, -0.2) is 55.9 Å². The smallest absolute Gasteiger partial charge is 0.255 e. The van der Waals surface area contributed by atoms with Crippen LogP contribution in [0.1, 0.15) is 6.92 Å². The highest BCUT2D eigenvalue weighted by Crippen LogP contribution is 2.23. The van der Waals surface area contributed by atoms with Crippen LogP contribution in [-0.2, 0) is 14.3 Å². The Bertz CT molecular complexity index is 576. The van der Waals surface area contributed by atoms with Crippen molar-refractivity contribution in [1.29, 1.82) is 0 Å². The highest BCUT2D eigenvalue weighted by atomic mass is 19.1. The minimum atomic E-state index is -1.40. The number of morpholine rings is 1. The molecule has 1 atom stereocenters. The lowest BCUT2D eigenvalue weighted by molar-refractivity contribution is -0.125. The van der Waals surface area contributed by atoms with E-state index >= 15 is 0 Å². The summed E-state index contributed by atoms with van der Waals surface area (Å²) in [5, 5.41) is 14.4. The zero-order chi connectivity index (χ0) is 16.8. The van der Waals surface area contributed by atoms with E-state index in [1.807, 2.05) is 4.90 Å². The number of aliphatic hydroxyl groups is 1. The first-order chi connectivity index (χ1) is 11.0. The summed E-state index contributed by atoms with van der Waals surface area (Å²) in [5.74, 6) is -1.52. The Labute approximate surface area is 133 Å². The normalized spacial score (nSPS) is 15.9. The van der Waals surface area contributed by atoms with Crippen molar-refractivity contribution in [2.45, 2.75) is 13.0 Å². The molecule has 0 spiro atoms. The van der Waals surface area contributed by atoms with Crippen molar-refractivity contribution in [3.05, 3.63) is 24.0 Å². The van der Waals surface area contributed by atoms with Crippen LogP contribution in [0.5, 0.6) is 0 Å². The third kappa shape index (κ3) is 4.90. The van der Waals surface area contributed by atoms with Gasteiger partial charge in [0.2, 0.25) is 5.91 Å². The monoisotopic (exact) mass is 325 g/mol. The highest BCUT2D eigenvalue weighted by Gasteiger charge is 2.18. The van der Waals surface area contributed by atoms with E-state index in [0.717, 1.165) is 0 Å². The fourth-order valence-electron chi connectivity index (χ4n) is 2.20. The van der Waals surface area contributed by atoms with Crippen LogP contribution in [0.4, 0.5) is 15.8 Å². The number of hydrogen-bond acceptors (Lipinski definition) is 5. The van der Waals surface area contributed by atoms with E-state index in [0.29, 0.717) is 32.0 Å². The molecule has 7 nitrogen and oxygen atoms in total. The first kappa shape index (κ1) is 17.2. The van der Waals surface area contributed by atoms with Crippen molar-refractivity contribution in [2.24, 2.45) is 0 Å². The third-order valence-corrected chi connectivity index (χ3v) is 3.41. The van der Waals surface area contributed by atoms with E-state index in [9.17, 15) is 19.1 Å². The van der Waals surface area contributed by atoms with E-state index in [1.54, 1.807) is 12.1 Å². The van der Waals surface area contributed by atoms with Crippen molar-refractivity contribution in [3.8, 4) is 0 Å². The maximum atomic E-state index is 14.2. The van der Waals surface area contributed by atoms with E-state index in [-0.39, 0.29) is 18.1 Å². The number of hydrogen-bond donors (Lipinski definition) is 3. The quantitative estimate of drug-likeness (QED) is 0.714. The molecule has 0 saturated carbocycles. The van der Waals surface area contributed by atoms with Crippen LogP contribution in [0.3, 0.4) is 0 Å². The number of halogens is 1. The molecule has 2 rings (SSSR count). The van der Waals surface area contributed by atoms with Gasteiger partial charge in [-0.3, -0.25) is 9.59 Å². The summed E-state index contributed by atoms with van der Waals surface area (Å²) in [6.07, 6.45) is -1.40. The standard InChI is InChI=1S/C15H20FN3O4/c1-10(20)17-9-14(21)15(22)18-11-2-3-13(12(16)8-11)19-4-6-23-7-5-19/h2-3,8,14,21H,4-7,9H2,1H3,(H,17,20)(H,18,22)/t14-/m0/s1. The van der Waals surface area contributed by atoms with Gasteiger partial charge in [-0.1, -0.05) is 0 Å². The topological polar surface area (TPSA) is 90.9 Å². The number of aliphatic hydroxyl groups excluding tert-OH is 1. The second-order valence-corrected chi connectivity index (χ2v) is 5.21. The molecule has 1 aromatic rings. The zero-order valence-electron chi connectivity index (χ0n) is 12.8. The largest absolute Gasteiger partial charge is 0.381 e. The molecule has 126 valence electrons. The van der Waals surface area contributed by atoms with Gasteiger partial charge in [-0.15, -0.1) is 0 Å². The lowest BCUT2D eigenvalue weighted by Gasteiger charge is -2.29. The predicted octanol–water partition coefficient (Wildman–Crippen LogP) is 0.0978. The SMILES string of the molecule is CC(=O)NC[C@H](O)C(=O)Nc1ccc(N2CCOCC2)c(F)c1. The Hall–Kier alpha value is -2.19. The van der Waals surface area contributed by atoms with Crippen LogP contribution >= 0.6 is 0 Å². The molecule has 0 aliphatic carbocycles. The number of nitrogens with one attached hydrogen (secondary N) is 2. The summed E-state index contributed by atoms with van der Waals surface area (Å²) in [4.78, 5) is 24.4. The molecule has 0 radical (unpaired) electrons. The minimum absolute atomic E-state index is 0.199. The summed E-state index contributed by atoms with van der Waals surface area (Å²) >= 11 is 0. The summed E-state index contributed by atoms with van der Waals surface area (Å²) in [7, 11) is 0. The van der Waals surface area contributed by atoms with Crippen molar-refractivity contribution >= 4 is 23.2 Å². The summed E-state index contributed by atoms with van der Waals surface area (Å²) in [6, 6.07) is 4.35. The van der Waals surface area contributed by atoms with Gasteiger partial charge in [-0.25, -0.2) is 4.39 Å². The summed E-state index contributed by atoms with van der Waals surface area (Å²) < 4.78 is 19.4. The predicted molar refractivity (Wildman–Crippen MR) is 82.8 cm³/mol. The van der Waals surface area contributed by atoms with Gasteiger partial charge in [0.05, 0.1) is 25.4 Å². The minimum Gasteiger partial charge on any atom is -0.381 e. The fraction of sp³-hybridized carbons (Fsp3) is 0.467. The van der Waals surface area contributed by atoms with Crippen LogP contribution in [0.2, 0.25) is 0 Å². The summed E-state index contributed by atoms with van der Waals surface area (Å²) in [6.45, 7) is 3.40. The molecule has 23 heavy (non-hydrogen) atoms. The molecule has 1 heterocycles. The molecule has 1 aliphatic heterocycles. The Kier molecular flexibility index (Phi) is 5.89. The number of amides is 2. The number of carbonyl (C=O) groups excluding carboxylic acids is 2. The molecule has 2 amide bonds. The molecule has 1 fully saturated rings. The van der Waals surface area contributed by atoms with Gasteiger partial charge < -0.3 is 25.4 Å². The molecule has 1 aromatic carbocycles. The number of anilines is 2. The van der Waals surface area contributed by atoms with Crippen LogP contribution in [0.25, 0.3) is 0 Å². The Morgan fingerprint density at radius 1 is 1.39 bits per heavy atom. The third-order valence-electron chi connectivity index (χ3n) is 3.41. The van der Waals surface area contributed by atoms with Crippen LogP contribution < -0.4 is 15.5 Å². The van der Waals surface area contributed by atoms with Gasteiger partial charge in [0, 0.05) is 25.7 Å². The first-order valence-corrected chi connectivity index (χ1v) is 7.33. The summed E-state index contributed by atoms with van der Waals surface area (Å²) in [5.41, 5.74) is 0.691. The highest BCUT2D eigenvalue weighted by molar-refractivity contribution is 5.94. The Balaban J connectivity index is 1.96. The van der Waals surface area contributed by atoms with E-state index < -0.39 is 17.8 Å². The van der Waals surface area contributed by atoms with E-state index in [4.69, 9.17) is 4.74 Å². The molecule has 0 aromatic heterocycles. The van der Waals surface area contributed by atoms with Crippen molar-refractivity contribution < 1.29 is 23.8 Å². The van der Waals surface area contributed by atoms with Gasteiger partial charge in [0.25, 0.3) is 5.91 Å². The molecule has 0 unspecified atom stereocenters. The van der Waals surface area contributed by atoms with Gasteiger partial charge in [-0.2, -0.15) is 0 Å². The average molecular weight is 325 g/mol. The molecule has 1 saturated heterocycles. The number of benzene rings is 1. The van der Waals surface area contributed by atoms with Gasteiger partial charge in [0.15, 0.2) is 0 Å². The second-order valence-electron chi connectivity index (χ2n) is 5.21. The Morgan fingerprint density at radius 3 is 2.70 bits per heavy atom. The Morgan fingerprint density at radius 2 is 2.09 bits per heavy atom. The number of carbonyl (C=O) groups is 2. The number of ether oxygens (including phenoxy) is 1. The molecular weight excluding hydrogens is 305 g/mol. The maximum Gasteiger partial charge on any atom is 0.255 e. The molecule has 8 heteroatoms. The van der Waals surface area contributed by atoms with Crippen molar-refractivity contribution in [1.82, 2.24) is 5.32 Å². The molecule has 1 aliphatic rings. The van der Waals surface area contributed by atoms with Gasteiger partial charge in [-0.05, 0) is 18.2 Å². The van der Waals surface area contributed by atoms with Gasteiger partial charge >= 0.3 is 0 Å². The van der Waals surface area contributed by atoms with Crippen LogP contribution in [0.15, 0.2) is 18.2 Å². The molecule has 3 N–H and O–H groups in total. The van der Waals surface area contributed by atoms with Crippen LogP contribution in [0, 0.1) is 5.82 Å². The zero-order valence-corrected chi connectivity index (χ0v) is 12.8. The first-order valence-electron chi connectivity index (χ1n) is 7.33. The van der Waals surface area contributed by atoms with E-state index in [2.05, 4.69) is 10.6 Å². The number of nitrogens with zero attached hydrogens (tertiary/aromatic N) is 1. The molecular formula is C15H20FN3O4.